The number of ether oxygens (including phenoxy) is 1. The smallest absolute Gasteiger partial charge is 0.326 e. The monoisotopic (exact) mass is 474 g/mol. The fourth-order valence-corrected chi connectivity index (χ4v) is 4.12. The van der Waals surface area contributed by atoms with Gasteiger partial charge >= 0.3 is 18.0 Å². The van der Waals surface area contributed by atoms with Crippen molar-refractivity contribution in [2.75, 3.05) is 46.4 Å². The van der Waals surface area contributed by atoms with Crippen molar-refractivity contribution in [3.05, 3.63) is 35.9 Å². The van der Waals surface area contributed by atoms with Gasteiger partial charge < -0.3 is 24.5 Å². The van der Waals surface area contributed by atoms with Crippen LogP contribution in [0.2, 0.25) is 0 Å². The minimum absolute atomic E-state index is 0.0609. The first-order valence-electron chi connectivity index (χ1n) is 11.3. The molecule has 0 aliphatic carbocycles. The lowest BCUT2D eigenvalue weighted by Gasteiger charge is -2.29. The lowest BCUT2D eigenvalue weighted by Crippen LogP contribution is -2.52. The Hall–Kier alpha value is -3.47. The van der Waals surface area contributed by atoms with Crippen LogP contribution < -0.4 is 5.32 Å². The van der Waals surface area contributed by atoms with Crippen molar-refractivity contribution >= 4 is 29.7 Å². The van der Waals surface area contributed by atoms with Crippen LogP contribution in [0.3, 0.4) is 0 Å². The van der Waals surface area contributed by atoms with Gasteiger partial charge in [-0.1, -0.05) is 30.3 Å². The van der Waals surface area contributed by atoms with E-state index in [-0.39, 0.29) is 13.0 Å². The predicted molar refractivity (Wildman–Crippen MR) is 120 cm³/mol. The van der Waals surface area contributed by atoms with Gasteiger partial charge in [-0.25, -0.2) is 14.4 Å². The number of ketones is 1. The third-order valence-electron chi connectivity index (χ3n) is 6.02. The second-order valence-corrected chi connectivity index (χ2v) is 8.43. The molecule has 2 N–H and O–H groups in total. The number of morpholine rings is 1. The molecule has 0 aromatic heterocycles. The number of carboxylic acid groups (broad SMARTS) is 1. The Labute approximate surface area is 197 Å². The second kappa shape index (κ2) is 11.6. The van der Waals surface area contributed by atoms with Crippen molar-refractivity contribution in [1.82, 2.24) is 20.0 Å². The molecule has 2 aliphatic heterocycles. The number of carboxylic acids is 1. The molecule has 1 aromatic carbocycles. The molecule has 0 saturated carbocycles. The van der Waals surface area contributed by atoms with Gasteiger partial charge in [-0.3, -0.25) is 14.9 Å². The third-order valence-corrected chi connectivity index (χ3v) is 6.02. The Kier molecular flexibility index (Phi) is 8.58. The van der Waals surface area contributed by atoms with E-state index in [1.165, 1.54) is 16.8 Å². The van der Waals surface area contributed by atoms with Crippen LogP contribution in [-0.2, 0) is 25.5 Å². The summed E-state index contributed by atoms with van der Waals surface area (Å²) < 4.78 is 5.21. The summed E-state index contributed by atoms with van der Waals surface area (Å²) in [5.41, 5.74) is 0.731. The number of urea groups is 2. The maximum absolute atomic E-state index is 13.2. The molecule has 5 amide bonds. The largest absolute Gasteiger partial charge is 0.480 e. The van der Waals surface area contributed by atoms with Crippen molar-refractivity contribution in [3.63, 3.8) is 0 Å². The lowest BCUT2D eigenvalue weighted by molar-refractivity contribution is -0.141. The molecule has 2 atom stereocenters. The number of carbonyl (C=O) groups is 5. The van der Waals surface area contributed by atoms with E-state index in [9.17, 15) is 29.1 Å². The van der Waals surface area contributed by atoms with E-state index in [1.807, 2.05) is 6.07 Å². The number of likely N-dealkylation sites (N-methyl/N-ethyl adjacent to an activating group) is 1. The van der Waals surface area contributed by atoms with Crippen LogP contribution in [0.15, 0.2) is 30.3 Å². The number of rotatable bonds is 7. The van der Waals surface area contributed by atoms with Gasteiger partial charge in [-0.05, 0) is 24.8 Å². The number of nitrogens with one attached hydrogen (secondary N) is 1. The molecule has 0 spiro atoms. The minimum Gasteiger partial charge on any atom is -0.480 e. The molecule has 2 aliphatic rings. The van der Waals surface area contributed by atoms with Gasteiger partial charge in [0.1, 0.15) is 12.0 Å². The SMILES string of the molecule is CN(CC(=O)[C@H](Cc1ccccc1)C(=O)NC(=O)N1CCOCC1)C(=O)N1CCC[C@H]1C(=O)O. The van der Waals surface area contributed by atoms with Gasteiger partial charge in [0.15, 0.2) is 5.78 Å². The Balaban J connectivity index is 1.69. The molecule has 0 radical (unpaired) electrons. The Morgan fingerprint density at radius 2 is 1.79 bits per heavy atom. The molecule has 0 unspecified atom stereocenters. The van der Waals surface area contributed by atoms with E-state index in [0.717, 1.165) is 10.5 Å². The van der Waals surface area contributed by atoms with E-state index in [2.05, 4.69) is 5.32 Å². The Morgan fingerprint density at radius 3 is 2.44 bits per heavy atom. The third kappa shape index (κ3) is 6.31. The van der Waals surface area contributed by atoms with E-state index in [0.29, 0.717) is 39.1 Å². The highest BCUT2D eigenvalue weighted by Crippen LogP contribution is 2.19. The molecule has 11 nitrogen and oxygen atoms in total. The second-order valence-electron chi connectivity index (χ2n) is 8.43. The quantitative estimate of drug-likeness (QED) is 0.552. The zero-order valence-corrected chi connectivity index (χ0v) is 19.1. The first-order chi connectivity index (χ1) is 16.3. The number of Topliss-reactive ketones (excluding diaryl/α,β-unsaturated/α-hetero) is 1. The van der Waals surface area contributed by atoms with Crippen LogP contribution in [-0.4, -0.2) is 102 Å². The van der Waals surface area contributed by atoms with Gasteiger partial charge in [0.05, 0.1) is 19.8 Å². The number of likely N-dealkylation sites (tertiary alicyclic amines) is 1. The van der Waals surface area contributed by atoms with Crippen LogP contribution >= 0.6 is 0 Å². The highest BCUT2D eigenvalue weighted by Gasteiger charge is 2.37. The zero-order valence-electron chi connectivity index (χ0n) is 19.1. The highest BCUT2D eigenvalue weighted by molar-refractivity contribution is 6.08. The molecule has 2 fully saturated rings. The van der Waals surface area contributed by atoms with Crippen molar-refractivity contribution < 1.29 is 33.8 Å². The summed E-state index contributed by atoms with van der Waals surface area (Å²) in [6.07, 6.45) is 0.976. The Bertz CT molecular complexity index is 917. The number of nitrogens with zero attached hydrogens (tertiary/aromatic N) is 3. The molecule has 2 heterocycles. The van der Waals surface area contributed by atoms with Crippen LogP contribution in [0, 0.1) is 5.92 Å². The normalized spacial score (nSPS) is 18.8. The predicted octanol–water partition coefficient (Wildman–Crippen LogP) is 0.584. The first kappa shape index (κ1) is 25.2. The summed E-state index contributed by atoms with van der Waals surface area (Å²) in [6, 6.07) is 6.81. The Morgan fingerprint density at radius 1 is 1.12 bits per heavy atom. The van der Waals surface area contributed by atoms with Crippen LogP contribution in [0.5, 0.6) is 0 Å². The minimum atomic E-state index is -1.20. The number of aliphatic carboxylic acids is 1. The van der Waals surface area contributed by atoms with Gasteiger partial charge in [0, 0.05) is 26.7 Å². The topological polar surface area (TPSA) is 137 Å². The van der Waals surface area contributed by atoms with E-state index >= 15 is 0 Å². The molecule has 34 heavy (non-hydrogen) atoms. The molecule has 0 bridgehead atoms. The average molecular weight is 475 g/mol. The molecule has 3 rings (SSSR count). The standard InChI is InChI=1S/C23H30N4O7/c1-25(23(33)27-9-5-8-18(27)21(30)31)15-19(28)17(14-16-6-3-2-4-7-16)20(29)24-22(32)26-10-12-34-13-11-26/h2-4,6-7,17-18H,5,8-15H2,1H3,(H,30,31)(H,24,29,32)/t17-,18-/m0/s1. The zero-order chi connectivity index (χ0) is 24.7. The van der Waals surface area contributed by atoms with E-state index < -0.39 is 48.2 Å². The molecule has 2 saturated heterocycles. The van der Waals surface area contributed by atoms with Crippen LogP contribution in [0.25, 0.3) is 0 Å². The maximum Gasteiger partial charge on any atom is 0.326 e. The van der Waals surface area contributed by atoms with Crippen LogP contribution in [0.1, 0.15) is 18.4 Å². The molecular weight excluding hydrogens is 444 g/mol. The fraction of sp³-hybridized carbons (Fsp3) is 0.522. The molecular formula is C23H30N4O7. The molecule has 1 aromatic rings. The van der Waals surface area contributed by atoms with Gasteiger partial charge in [0.2, 0.25) is 5.91 Å². The summed E-state index contributed by atoms with van der Waals surface area (Å²) in [4.78, 5) is 66.6. The lowest BCUT2D eigenvalue weighted by atomic mass is 9.94. The summed E-state index contributed by atoms with van der Waals surface area (Å²) in [6.45, 7) is 1.32. The van der Waals surface area contributed by atoms with Crippen molar-refractivity contribution in [2.45, 2.75) is 25.3 Å². The number of benzene rings is 1. The summed E-state index contributed by atoms with van der Waals surface area (Å²) in [5, 5.41) is 11.6. The van der Waals surface area contributed by atoms with Gasteiger partial charge in [-0.2, -0.15) is 0 Å². The van der Waals surface area contributed by atoms with Gasteiger partial charge in [-0.15, -0.1) is 0 Å². The van der Waals surface area contributed by atoms with Gasteiger partial charge in [0.25, 0.3) is 0 Å². The fourth-order valence-electron chi connectivity index (χ4n) is 4.12. The van der Waals surface area contributed by atoms with E-state index in [1.54, 1.807) is 24.3 Å². The number of hydrogen-bond donors (Lipinski definition) is 2. The summed E-state index contributed by atoms with van der Waals surface area (Å²) in [5.74, 6) is -3.57. The molecule has 184 valence electrons. The summed E-state index contributed by atoms with van der Waals surface area (Å²) in [7, 11) is 1.40. The number of amides is 5. The molecule has 11 heteroatoms. The average Bonchev–Trinajstić information content (AvgIpc) is 3.33. The van der Waals surface area contributed by atoms with Crippen molar-refractivity contribution in [1.29, 1.82) is 0 Å². The maximum atomic E-state index is 13.2. The van der Waals surface area contributed by atoms with Crippen molar-refractivity contribution in [2.24, 2.45) is 5.92 Å². The van der Waals surface area contributed by atoms with Crippen molar-refractivity contribution in [3.8, 4) is 0 Å². The number of hydrogen-bond acceptors (Lipinski definition) is 6. The number of imide groups is 1. The van der Waals surface area contributed by atoms with Crippen LogP contribution in [0.4, 0.5) is 9.59 Å². The first-order valence-corrected chi connectivity index (χ1v) is 11.3. The highest BCUT2D eigenvalue weighted by atomic mass is 16.5. The number of carbonyl (C=O) groups excluding carboxylic acids is 4. The van der Waals surface area contributed by atoms with E-state index in [4.69, 9.17) is 4.74 Å². The summed E-state index contributed by atoms with van der Waals surface area (Å²) >= 11 is 0.